The first-order valence-electron chi connectivity index (χ1n) is 17.2. The Bertz CT molecular complexity index is 1980. The van der Waals surface area contributed by atoms with Crippen LogP contribution in [0.3, 0.4) is 0 Å². The van der Waals surface area contributed by atoms with E-state index in [0.29, 0.717) is 59.8 Å². The summed E-state index contributed by atoms with van der Waals surface area (Å²) in [5, 5.41) is 15.0. The van der Waals surface area contributed by atoms with E-state index in [0.717, 1.165) is 0 Å². The molecular formula is C36H43F2N9O6. The third-order valence-corrected chi connectivity index (χ3v) is 9.14. The maximum Gasteiger partial charge on any atom is 0.303 e. The minimum atomic E-state index is -1.11. The van der Waals surface area contributed by atoms with Gasteiger partial charge in [0.05, 0.1) is 25.0 Å². The van der Waals surface area contributed by atoms with Gasteiger partial charge in [-0.05, 0) is 68.6 Å². The second kappa shape index (κ2) is 17.2. The SMILES string of the molecule is COc1ccc(-c2cnc3c(Nc4ccc(C(=O)N5CCN(C(=O)C(CCC(=O)O)NC(=O)[C@H](N)CCCCN)CC5)c(C)c4)nccn23)c(F)c1F. The number of rotatable bonds is 15. The Morgan fingerprint density at radius 2 is 1.74 bits per heavy atom. The summed E-state index contributed by atoms with van der Waals surface area (Å²) in [7, 11) is 1.25. The Morgan fingerprint density at radius 3 is 2.42 bits per heavy atom. The summed E-state index contributed by atoms with van der Waals surface area (Å²) in [6.45, 7) is 3.11. The normalized spacial score (nSPS) is 14.2. The average Bonchev–Trinajstić information content (AvgIpc) is 3.59. The highest BCUT2D eigenvalue weighted by molar-refractivity contribution is 5.96. The number of nitrogens with zero attached hydrogens (tertiary/aromatic N) is 5. The van der Waals surface area contributed by atoms with Crippen molar-refractivity contribution in [1.29, 1.82) is 0 Å². The van der Waals surface area contributed by atoms with Crippen LogP contribution < -0.4 is 26.8 Å². The van der Waals surface area contributed by atoms with Crippen molar-refractivity contribution in [2.45, 2.75) is 51.1 Å². The molecule has 0 bridgehead atoms. The van der Waals surface area contributed by atoms with Crippen LogP contribution in [0.1, 0.15) is 48.0 Å². The maximum atomic E-state index is 14.9. The molecule has 7 N–H and O–H groups in total. The van der Waals surface area contributed by atoms with E-state index in [1.54, 1.807) is 40.6 Å². The largest absolute Gasteiger partial charge is 0.494 e. The average molecular weight is 736 g/mol. The van der Waals surface area contributed by atoms with Crippen molar-refractivity contribution in [3.05, 3.63) is 71.7 Å². The van der Waals surface area contributed by atoms with Crippen LogP contribution in [-0.2, 0) is 14.4 Å². The van der Waals surface area contributed by atoms with E-state index >= 15 is 0 Å². The van der Waals surface area contributed by atoms with Crippen LogP contribution in [-0.4, -0.2) is 105 Å². The molecule has 3 amide bonds. The number of hydrogen-bond acceptors (Lipinski definition) is 10. The first kappa shape index (κ1) is 38.5. The van der Waals surface area contributed by atoms with Crippen molar-refractivity contribution in [3.63, 3.8) is 0 Å². The molecule has 1 aliphatic rings. The monoisotopic (exact) mass is 735 g/mol. The van der Waals surface area contributed by atoms with Crippen molar-refractivity contribution >= 4 is 40.8 Å². The number of methoxy groups -OCH3 is 1. The molecule has 15 nitrogen and oxygen atoms in total. The Kier molecular flexibility index (Phi) is 12.5. The van der Waals surface area contributed by atoms with Gasteiger partial charge < -0.3 is 41.7 Å². The highest BCUT2D eigenvalue weighted by Crippen LogP contribution is 2.32. The molecule has 2 aromatic heterocycles. The van der Waals surface area contributed by atoms with Crippen molar-refractivity contribution in [2.24, 2.45) is 11.5 Å². The summed E-state index contributed by atoms with van der Waals surface area (Å²) in [4.78, 5) is 62.9. The zero-order chi connectivity index (χ0) is 38.2. The summed E-state index contributed by atoms with van der Waals surface area (Å²) in [5.41, 5.74) is 13.9. The molecule has 17 heteroatoms. The molecule has 0 radical (unpaired) electrons. The molecule has 3 heterocycles. The molecule has 0 spiro atoms. The van der Waals surface area contributed by atoms with Gasteiger partial charge in [0.15, 0.2) is 23.0 Å². The summed E-state index contributed by atoms with van der Waals surface area (Å²) < 4.78 is 35.8. The van der Waals surface area contributed by atoms with Crippen molar-refractivity contribution < 1.29 is 37.8 Å². The van der Waals surface area contributed by atoms with Crippen molar-refractivity contribution in [2.75, 3.05) is 45.2 Å². The molecule has 2 atom stereocenters. The van der Waals surface area contributed by atoms with Gasteiger partial charge in [0, 0.05) is 61.8 Å². The lowest BCUT2D eigenvalue weighted by molar-refractivity contribution is -0.140. The summed E-state index contributed by atoms with van der Waals surface area (Å²) in [6.07, 6.45) is 5.81. The number of halogens is 2. The number of anilines is 2. The summed E-state index contributed by atoms with van der Waals surface area (Å²) in [5.74, 6) is -4.33. The lowest BCUT2D eigenvalue weighted by atomic mass is 10.0. The second-order valence-electron chi connectivity index (χ2n) is 12.7. The van der Waals surface area contributed by atoms with E-state index in [2.05, 4.69) is 20.6 Å². The van der Waals surface area contributed by atoms with Crippen LogP contribution in [0.4, 0.5) is 20.3 Å². The van der Waals surface area contributed by atoms with Crippen LogP contribution in [0.2, 0.25) is 0 Å². The molecule has 1 fully saturated rings. The summed E-state index contributed by atoms with van der Waals surface area (Å²) >= 11 is 0. The van der Waals surface area contributed by atoms with Gasteiger partial charge in [-0.2, -0.15) is 4.39 Å². The highest BCUT2D eigenvalue weighted by atomic mass is 19.2. The molecule has 1 aliphatic heterocycles. The molecule has 5 rings (SSSR count). The second-order valence-corrected chi connectivity index (χ2v) is 12.7. The highest BCUT2D eigenvalue weighted by Gasteiger charge is 2.32. The van der Waals surface area contributed by atoms with E-state index < -0.39 is 41.5 Å². The van der Waals surface area contributed by atoms with Gasteiger partial charge in [0.25, 0.3) is 5.91 Å². The number of ether oxygens (including phenoxy) is 1. The number of carboxylic acid groups (broad SMARTS) is 1. The van der Waals surface area contributed by atoms with Gasteiger partial charge in [-0.15, -0.1) is 0 Å². The lowest BCUT2D eigenvalue weighted by Crippen LogP contribution is -2.57. The number of aromatic nitrogens is 3. The first-order chi connectivity index (χ1) is 25.4. The number of carbonyl (C=O) groups is 4. The van der Waals surface area contributed by atoms with E-state index in [-0.39, 0.29) is 56.2 Å². The standard InChI is InChI=1S/C36H43F2N9O6/c1-21-19-22(43-32-33-42-20-27(47(33)14-13-41-32)24-8-10-28(53-2)31(38)30(24)37)6-7-23(21)35(51)45-15-17-46(18-16-45)36(52)26(9-11-29(48)49)44-34(50)25(40)5-3-4-12-39/h6-8,10,13-14,19-20,25-26H,3-5,9,11-12,15-18,39-40H2,1-2H3,(H,41,43)(H,44,50)(H,48,49)/t25-,26?/m1/s1. The van der Waals surface area contributed by atoms with Gasteiger partial charge in [-0.1, -0.05) is 6.42 Å². The fourth-order valence-corrected chi connectivity index (χ4v) is 6.18. The lowest BCUT2D eigenvalue weighted by Gasteiger charge is -2.37. The minimum Gasteiger partial charge on any atom is -0.494 e. The number of benzene rings is 2. The summed E-state index contributed by atoms with van der Waals surface area (Å²) in [6, 6.07) is 6.00. The molecule has 1 unspecified atom stereocenters. The number of aryl methyl sites for hydroxylation is 1. The van der Waals surface area contributed by atoms with Gasteiger partial charge in [0.1, 0.15) is 6.04 Å². The zero-order valence-corrected chi connectivity index (χ0v) is 29.5. The molecule has 0 saturated carbocycles. The maximum absolute atomic E-state index is 14.9. The van der Waals surface area contributed by atoms with Gasteiger partial charge in [0.2, 0.25) is 17.6 Å². The predicted octanol–water partition coefficient (Wildman–Crippen LogP) is 2.83. The van der Waals surface area contributed by atoms with E-state index in [1.807, 2.05) is 0 Å². The molecular weight excluding hydrogens is 692 g/mol. The van der Waals surface area contributed by atoms with Crippen LogP contribution >= 0.6 is 0 Å². The fourth-order valence-electron chi connectivity index (χ4n) is 6.18. The van der Waals surface area contributed by atoms with E-state index in [1.165, 1.54) is 36.5 Å². The molecule has 2 aromatic carbocycles. The molecule has 53 heavy (non-hydrogen) atoms. The van der Waals surface area contributed by atoms with Crippen molar-refractivity contribution in [1.82, 2.24) is 29.5 Å². The number of fused-ring (bicyclic) bond motifs is 1. The molecule has 282 valence electrons. The fraction of sp³-hybridized carbons (Fsp3) is 0.389. The number of piperazine rings is 1. The van der Waals surface area contributed by atoms with E-state index in [4.69, 9.17) is 16.2 Å². The number of hydrogen-bond donors (Lipinski definition) is 5. The first-order valence-corrected chi connectivity index (χ1v) is 17.2. The number of carboxylic acids is 1. The van der Waals surface area contributed by atoms with Gasteiger partial charge in [-0.3, -0.25) is 23.6 Å². The molecule has 1 saturated heterocycles. The third kappa shape index (κ3) is 8.86. The number of nitrogens with two attached hydrogens (primary N) is 2. The van der Waals surface area contributed by atoms with Gasteiger partial charge in [-0.25, -0.2) is 14.4 Å². The smallest absolute Gasteiger partial charge is 0.303 e. The predicted molar refractivity (Wildman–Crippen MR) is 192 cm³/mol. The quantitative estimate of drug-likeness (QED) is 0.112. The zero-order valence-electron chi connectivity index (χ0n) is 29.5. The van der Waals surface area contributed by atoms with Gasteiger partial charge >= 0.3 is 5.97 Å². The van der Waals surface area contributed by atoms with Crippen LogP contribution in [0.25, 0.3) is 16.9 Å². The van der Waals surface area contributed by atoms with Crippen LogP contribution in [0.15, 0.2) is 48.9 Å². The van der Waals surface area contributed by atoms with Crippen LogP contribution in [0, 0.1) is 18.6 Å². The Morgan fingerprint density at radius 1 is 1.00 bits per heavy atom. The Hall–Kier alpha value is -5.68. The van der Waals surface area contributed by atoms with Crippen molar-refractivity contribution in [3.8, 4) is 17.0 Å². The minimum absolute atomic E-state index is 0.00363. The third-order valence-electron chi connectivity index (χ3n) is 9.14. The number of aliphatic carboxylic acids is 1. The number of carbonyl (C=O) groups excluding carboxylic acids is 3. The number of imidazole rings is 1. The van der Waals surface area contributed by atoms with E-state index in [9.17, 15) is 33.1 Å². The Labute approximate surface area is 304 Å². The molecule has 0 aliphatic carbocycles. The molecule has 4 aromatic rings. The number of unbranched alkanes of at least 4 members (excludes halogenated alkanes) is 1. The Balaban J connectivity index is 1.22. The number of amides is 3. The number of nitrogens with one attached hydrogen (secondary N) is 2. The van der Waals surface area contributed by atoms with Crippen LogP contribution in [0.5, 0.6) is 5.75 Å². The topological polar surface area (TPSA) is 211 Å².